The minimum atomic E-state index is 0.303. The van der Waals surface area contributed by atoms with Crippen molar-refractivity contribution in [2.24, 2.45) is 7.05 Å². The van der Waals surface area contributed by atoms with Gasteiger partial charge in [0.2, 0.25) is 0 Å². The SMILES string of the molecule is CC(Cc1ccco1)Nc1ccc(-c2nncn2C)cc1. The van der Waals surface area contributed by atoms with Gasteiger partial charge in [-0.1, -0.05) is 0 Å². The lowest BCUT2D eigenvalue weighted by atomic mass is 10.1. The number of furan rings is 1. The number of nitrogens with one attached hydrogen (secondary N) is 1. The van der Waals surface area contributed by atoms with E-state index in [0.29, 0.717) is 6.04 Å². The fourth-order valence-electron chi connectivity index (χ4n) is 2.33. The summed E-state index contributed by atoms with van der Waals surface area (Å²) in [4.78, 5) is 0. The van der Waals surface area contributed by atoms with Gasteiger partial charge in [-0.3, -0.25) is 0 Å². The summed E-state index contributed by atoms with van der Waals surface area (Å²) in [6.45, 7) is 2.14. The smallest absolute Gasteiger partial charge is 0.163 e. The number of aryl methyl sites for hydroxylation is 1. The summed E-state index contributed by atoms with van der Waals surface area (Å²) in [7, 11) is 1.94. The molecular weight excluding hydrogens is 264 g/mol. The summed E-state index contributed by atoms with van der Waals surface area (Å²) in [5.41, 5.74) is 2.14. The summed E-state index contributed by atoms with van der Waals surface area (Å²) in [6, 6.07) is 12.4. The van der Waals surface area contributed by atoms with Crippen molar-refractivity contribution in [2.45, 2.75) is 19.4 Å². The van der Waals surface area contributed by atoms with Crippen molar-refractivity contribution in [1.29, 1.82) is 0 Å². The zero-order valence-electron chi connectivity index (χ0n) is 12.2. The van der Waals surface area contributed by atoms with Gasteiger partial charge in [0, 0.05) is 30.8 Å². The molecule has 0 radical (unpaired) electrons. The third-order valence-electron chi connectivity index (χ3n) is 3.36. The third kappa shape index (κ3) is 3.13. The minimum absolute atomic E-state index is 0.303. The first-order valence-corrected chi connectivity index (χ1v) is 6.96. The molecule has 0 amide bonds. The van der Waals surface area contributed by atoms with Crippen LogP contribution in [0.1, 0.15) is 12.7 Å². The number of hydrogen-bond donors (Lipinski definition) is 1. The first kappa shape index (κ1) is 13.4. The van der Waals surface area contributed by atoms with Gasteiger partial charge in [0.15, 0.2) is 5.82 Å². The molecule has 21 heavy (non-hydrogen) atoms. The van der Waals surface area contributed by atoms with Crippen molar-refractivity contribution in [3.63, 3.8) is 0 Å². The van der Waals surface area contributed by atoms with E-state index in [1.165, 1.54) is 0 Å². The highest BCUT2D eigenvalue weighted by Crippen LogP contribution is 2.19. The molecule has 1 atom stereocenters. The van der Waals surface area contributed by atoms with E-state index in [-0.39, 0.29) is 0 Å². The molecule has 5 nitrogen and oxygen atoms in total. The second-order valence-corrected chi connectivity index (χ2v) is 5.17. The van der Waals surface area contributed by atoms with E-state index < -0.39 is 0 Å². The average Bonchev–Trinajstić information content (AvgIpc) is 3.11. The Kier molecular flexibility index (Phi) is 3.73. The first-order chi connectivity index (χ1) is 10.2. The lowest BCUT2D eigenvalue weighted by Crippen LogP contribution is -2.17. The topological polar surface area (TPSA) is 55.9 Å². The molecule has 3 rings (SSSR count). The molecule has 1 unspecified atom stereocenters. The van der Waals surface area contributed by atoms with Crippen LogP contribution in [0.2, 0.25) is 0 Å². The first-order valence-electron chi connectivity index (χ1n) is 6.96. The highest BCUT2D eigenvalue weighted by Gasteiger charge is 2.07. The van der Waals surface area contributed by atoms with E-state index in [0.717, 1.165) is 29.3 Å². The zero-order chi connectivity index (χ0) is 14.7. The van der Waals surface area contributed by atoms with Crippen molar-refractivity contribution in [2.75, 3.05) is 5.32 Å². The Morgan fingerprint density at radius 1 is 1.24 bits per heavy atom. The highest BCUT2D eigenvalue weighted by atomic mass is 16.3. The summed E-state index contributed by atoms with van der Waals surface area (Å²) in [5, 5.41) is 11.5. The summed E-state index contributed by atoms with van der Waals surface area (Å²) in [6.07, 6.45) is 4.27. The molecule has 0 saturated carbocycles. The van der Waals surface area contributed by atoms with Gasteiger partial charge >= 0.3 is 0 Å². The van der Waals surface area contributed by atoms with Crippen LogP contribution in [0.25, 0.3) is 11.4 Å². The maximum atomic E-state index is 5.37. The maximum Gasteiger partial charge on any atom is 0.163 e. The molecule has 1 aromatic carbocycles. The van der Waals surface area contributed by atoms with E-state index in [2.05, 4.69) is 34.6 Å². The molecular formula is C16H18N4O. The molecule has 3 aromatic rings. The molecule has 2 heterocycles. The van der Waals surface area contributed by atoms with Crippen molar-refractivity contribution < 1.29 is 4.42 Å². The van der Waals surface area contributed by atoms with Crippen molar-refractivity contribution >= 4 is 5.69 Å². The zero-order valence-corrected chi connectivity index (χ0v) is 12.2. The highest BCUT2D eigenvalue weighted by molar-refractivity contribution is 5.59. The molecule has 0 aliphatic rings. The average molecular weight is 282 g/mol. The standard InChI is InChI=1S/C16H18N4O/c1-12(10-15-4-3-9-21-15)18-14-7-5-13(6-8-14)16-19-17-11-20(16)2/h3-9,11-12,18H,10H2,1-2H3. The Morgan fingerprint density at radius 2 is 2.05 bits per heavy atom. The fraction of sp³-hybridized carbons (Fsp3) is 0.250. The number of benzene rings is 1. The molecule has 0 aliphatic heterocycles. The number of rotatable bonds is 5. The maximum absolute atomic E-state index is 5.37. The molecule has 0 aliphatic carbocycles. The van der Waals surface area contributed by atoms with Crippen LogP contribution in [0.5, 0.6) is 0 Å². The van der Waals surface area contributed by atoms with Crippen molar-refractivity contribution in [3.8, 4) is 11.4 Å². The van der Waals surface area contributed by atoms with Gasteiger partial charge in [0.25, 0.3) is 0 Å². The molecule has 1 N–H and O–H groups in total. The van der Waals surface area contributed by atoms with Crippen LogP contribution in [-0.4, -0.2) is 20.8 Å². The van der Waals surface area contributed by atoms with Crippen LogP contribution >= 0.6 is 0 Å². The van der Waals surface area contributed by atoms with Crippen LogP contribution < -0.4 is 5.32 Å². The molecule has 0 bridgehead atoms. The van der Waals surface area contributed by atoms with E-state index in [1.807, 2.05) is 35.9 Å². The predicted molar refractivity (Wildman–Crippen MR) is 81.9 cm³/mol. The van der Waals surface area contributed by atoms with Crippen LogP contribution in [0.3, 0.4) is 0 Å². The Bertz CT molecular complexity index is 685. The van der Waals surface area contributed by atoms with Crippen LogP contribution in [0.15, 0.2) is 53.4 Å². The molecule has 2 aromatic heterocycles. The number of hydrogen-bond acceptors (Lipinski definition) is 4. The van der Waals surface area contributed by atoms with Crippen molar-refractivity contribution in [3.05, 3.63) is 54.7 Å². The van der Waals surface area contributed by atoms with Crippen LogP contribution in [0, 0.1) is 0 Å². The van der Waals surface area contributed by atoms with Crippen molar-refractivity contribution in [1.82, 2.24) is 14.8 Å². The monoisotopic (exact) mass is 282 g/mol. The molecule has 0 saturated heterocycles. The second-order valence-electron chi connectivity index (χ2n) is 5.17. The number of anilines is 1. The van der Waals surface area contributed by atoms with Gasteiger partial charge in [-0.25, -0.2) is 0 Å². The van der Waals surface area contributed by atoms with Gasteiger partial charge in [0.1, 0.15) is 12.1 Å². The second kappa shape index (κ2) is 5.83. The Morgan fingerprint density at radius 3 is 2.67 bits per heavy atom. The van der Waals surface area contributed by atoms with Gasteiger partial charge in [-0.05, 0) is 43.3 Å². The Balaban J connectivity index is 1.66. The fourth-order valence-corrected chi connectivity index (χ4v) is 2.33. The summed E-state index contributed by atoms with van der Waals surface area (Å²) >= 11 is 0. The lowest BCUT2D eigenvalue weighted by molar-refractivity contribution is 0.498. The van der Waals surface area contributed by atoms with Crippen LogP contribution in [0.4, 0.5) is 5.69 Å². The molecule has 5 heteroatoms. The third-order valence-corrected chi connectivity index (χ3v) is 3.36. The predicted octanol–water partition coefficient (Wildman–Crippen LogP) is 3.12. The molecule has 108 valence electrons. The van der Waals surface area contributed by atoms with Gasteiger partial charge < -0.3 is 14.3 Å². The minimum Gasteiger partial charge on any atom is -0.469 e. The normalized spacial score (nSPS) is 12.3. The largest absolute Gasteiger partial charge is 0.469 e. The number of nitrogens with zero attached hydrogens (tertiary/aromatic N) is 3. The van der Waals surface area contributed by atoms with E-state index in [1.54, 1.807) is 12.6 Å². The number of aromatic nitrogens is 3. The Hall–Kier alpha value is -2.56. The Labute approximate surface area is 123 Å². The van der Waals surface area contributed by atoms with E-state index >= 15 is 0 Å². The van der Waals surface area contributed by atoms with Crippen LogP contribution in [-0.2, 0) is 13.5 Å². The summed E-state index contributed by atoms with van der Waals surface area (Å²) in [5.74, 6) is 1.86. The van der Waals surface area contributed by atoms with E-state index in [9.17, 15) is 0 Å². The summed E-state index contributed by atoms with van der Waals surface area (Å²) < 4.78 is 7.27. The quantitative estimate of drug-likeness (QED) is 0.781. The van der Waals surface area contributed by atoms with E-state index in [4.69, 9.17) is 4.42 Å². The molecule has 0 spiro atoms. The molecule has 0 fully saturated rings. The van der Waals surface area contributed by atoms with Gasteiger partial charge in [-0.15, -0.1) is 10.2 Å². The lowest BCUT2D eigenvalue weighted by Gasteiger charge is -2.14. The van der Waals surface area contributed by atoms with Gasteiger partial charge in [-0.2, -0.15) is 0 Å². The van der Waals surface area contributed by atoms with Gasteiger partial charge in [0.05, 0.1) is 6.26 Å².